The zero-order valence-corrected chi connectivity index (χ0v) is 10.1. The maximum atomic E-state index is 10.00. The van der Waals surface area contributed by atoms with Crippen LogP contribution in [0.4, 0.5) is 0 Å². The monoisotopic (exact) mass is 242 g/mol. The maximum Gasteiger partial charge on any atom is 0.162 e. The van der Waals surface area contributed by atoms with Crippen LogP contribution in [-0.2, 0) is 0 Å². The lowest BCUT2D eigenvalue weighted by atomic mass is 9.98. The van der Waals surface area contributed by atoms with Gasteiger partial charge in [0.1, 0.15) is 13.2 Å². The molecule has 0 aromatic heterocycles. The minimum atomic E-state index is -0.580. The van der Waals surface area contributed by atoms with Gasteiger partial charge < -0.3 is 14.6 Å². The molecule has 1 unspecified atom stereocenters. The third kappa shape index (κ3) is 2.11. The largest absolute Gasteiger partial charge is 0.486 e. The first-order valence-electron chi connectivity index (χ1n) is 5.36. The molecule has 16 heavy (non-hydrogen) atoms. The first-order valence-corrected chi connectivity index (χ1v) is 5.74. The Morgan fingerprint density at radius 1 is 1.19 bits per heavy atom. The van der Waals surface area contributed by atoms with Crippen LogP contribution in [0.25, 0.3) is 0 Å². The van der Waals surface area contributed by atoms with Crippen LogP contribution in [0.5, 0.6) is 11.5 Å². The summed E-state index contributed by atoms with van der Waals surface area (Å²) in [4.78, 5) is 0. The van der Waals surface area contributed by atoms with Crippen molar-refractivity contribution in [3.63, 3.8) is 0 Å². The van der Waals surface area contributed by atoms with Crippen molar-refractivity contribution < 1.29 is 14.6 Å². The second-order valence-corrected chi connectivity index (χ2v) is 4.61. The number of benzene rings is 1. The number of halogens is 1. The summed E-state index contributed by atoms with van der Waals surface area (Å²) in [5, 5.41) is 10.5. The summed E-state index contributed by atoms with van der Waals surface area (Å²) in [6, 6.07) is 3.47. The molecule has 3 nitrogen and oxygen atoms in total. The van der Waals surface area contributed by atoms with Gasteiger partial charge in [-0.15, -0.1) is 0 Å². The smallest absolute Gasteiger partial charge is 0.162 e. The second-order valence-electron chi connectivity index (χ2n) is 4.21. The number of aliphatic hydroxyl groups is 1. The number of aliphatic hydroxyl groups excluding tert-OH is 1. The average molecular weight is 243 g/mol. The third-order valence-electron chi connectivity index (χ3n) is 2.61. The van der Waals surface area contributed by atoms with Crippen molar-refractivity contribution in [2.75, 3.05) is 13.2 Å². The van der Waals surface area contributed by atoms with Crippen molar-refractivity contribution in [3.05, 3.63) is 22.7 Å². The second kappa shape index (κ2) is 4.52. The van der Waals surface area contributed by atoms with Gasteiger partial charge in [-0.05, 0) is 12.0 Å². The highest BCUT2D eigenvalue weighted by atomic mass is 35.5. The van der Waals surface area contributed by atoms with Gasteiger partial charge in [-0.2, -0.15) is 0 Å². The molecule has 0 saturated carbocycles. The predicted molar refractivity (Wildman–Crippen MR) is 62.2 cm³/mol. The Balaban J connectivity index is 2.39. The van der Waals surface area contributed by atoms with Gasteiger partial charge in [-0.1, -0.05) is 25.4 Å². The average Bonchev–Trinajstić information content (AvgIpc) is 2.27. The van der Waals surface area contributed by atoms with E-state index in [2.05, 4.69) is 0 Å². The molecule has 1 heterocycles. The van der Waals surface area contributed by atoms with Gasteiger partial charge in [-0.3, -0.25) is 0 Å². The van der Waals surface area contributed by atoms with E-state index in [0.29, 0.717) is 35.3 Å². The molecule has 0 amide bonds. The summed E-state index contributed by atoms with van der Waals surface area (Å²) in [5.74, 6) is 1.42. The standard InChI is InChI=1S/C12H15ClO3/c1-7(2)12(14)8-5-10-11(6-9(8)13)16-4-3-15-10/h5-7,12,14H,3-4H2,1-2H3. The number of hydrogen-bond donors (Lipinski definition) is 1. The highest BCUT2D eigenvalue weighted by Crippen LogP contribution is 2.39. The predicted octanol–water partition coefficient (Wildman–Crippen LogP) is 2.80. The minimum absolute atomic E-state index is 0.111. The Morgan fingerprint density at radius 2 is 1.75 bits per heavy atom. The molecular formula is C12H15ClO3. The molecule has 0 radical (unpaired) electrons. The van der Waals surface area contributed by atoms with Gasteiger partial charge in [-0.25, -0.2) is 0 Å². The summed E-state index contributed by atoms with van der Waals surface area (Å²) >= 11 is 6.10. The zero-order valence-electron chi connectivity index (χ0n) is 9.37. The highest BCUT2D eigenvalue weighted by Gasteiger charge is 2.20. The molecule has 4 heteroatoms. The van der Waals surface area contributed by atoms with Crippen molar-refractivity contribution in [1.29, 1.82) is 0 Å². The van der Waals surface area contributed by atoms with E-state index in [1.807, 2.05) is 13.8 Å². The topological polar surface area (TPSA) is 38.7 Å². The fraction of sp³-hybridized carbons (Fsp3) is 0.500. The molecular weight excluding hydrogens is 228 g/mol. The van der Waals surface area contributed by atoms with Crippen LogP contribution in [0.2, 0.25) is 5.02 Å². The number of ether oxygens (including phenoxy) is 2. The molecule has 1 aliphatic heterocycles. The summed E-state index contributed by atoms with van der Waals surface area (Å²) in [7, 11) is 0. The van der Waals surface area contributed by atoms with Crippen molar-refractivity contribution in [2.45, 2.75) is 20.0 Å². The number of hydrogen-bond acceptors (Lipinski definition) is 3. The van der Waals surface area contributed by atoms with Crippen molar-refractivity contribution in [1.82, 2.24) is 0 Å². The van der Waals surface area contributed by atoms with Crippen molar-refractivity contribution in [2.24, 2.45) is 5.92 Å². The Bertz CT molecular complexity index is 390. The Morgan fingerprint density at radius 3 is 2.31 bits per heavy atom. The molecule has 1 aromatic carbocycles. The molecule has 1 aromatic rings. The van der Waals surface area contributed by atoms with Gasteiger partial charge in [0.15, 0.2) is 11.5 Å². The van der Waals surface area contributed by atoms with Crippen LogP contribution >= 0.6 is 11.6 Å². The highest BCUT2D eigenvalue weighted by molar-refractivity contribution is 6.31. The van der Waals surface area contributed by atoms with Crippen LogP contribution in [0, 0.1) is 5.92 Å². The van der Waals surface area contributed by atoms with E-state index in [1.165, 1.54) is 0 Å². The van der Waals surface area contributed by atoms with Crippen LogP contribution in [0.1, 0.15) is 25.5 Å². The first-order chi connectivity index (χ1) is 7.59. The zero-order chi connectivity index (χ0) is 11.7. The van der Waals surface area contributed by atoms with E-state index >= 15 is 0 Å². The molecule has 0 fully saturated rings. The lowest BCUT2D eigenvalue weighted by Crippen LogP contribution is -2.16. The molecule has 88 valence electrons. The molecule has 0 aliphatic carbocycles. The number of fused-ring (bicyclic) bond motifs is 1. The SMILES string of the molecule is CC(C)C(O)c1cc2c(cc1Cl)OCCO2. The normalized spacial score (nSPS) is 16.3. The fourth-order valence-corrected chi connectivity index (χ4v) is 1.93. The van der Waals surface area contributed by atoms with E-state index in [1.54, 1.807) is 12.1 Å². The molecule has 1 aliphatic rings. The van der Waals surface area contributed by atoms with Gasteiger partial charge in [0.25, 0.3) is 0 Å². The third-order valence-corrected chi connectivity index (χ3v) is 2.94. The van der Waals surface area contributed by atoms with Crippen LogP contribution in [0.3, 0.4) is 0 Å². The van der Waals surface area contributed by atoms with Gasteiger partial charge >= 0.3 is 0 Å². The molecule has 0 bridgehead atoms. The summed E-state index contributed by atoms with van der Waals surface area (Å²) in [6.07, 6.45) is -0.580. The van der Waals surface area contributed by atoms with Crippen LogP contribution in [-0.4, -0.2) is 18.3 Å². The van der Waals surface area contributed by atoms with Gasteiger partial charge in [0.05, 0.1) is 11.1 Å². The van der Waals surface area contributed by atoms with E-state index in [0.717, 1.165) is 0 Å². The molecule has 2 rings (SSSR count). The van der Waals surface area contributed by atoms with E-state index in [-0.39, 0.29) is 5.92 Å². The van der Waals surface area contributed by atoms with Crippen molar-refractivity contribution >= 4 is 11.6 Å². The van der Waals surface area contributed by atoms with Crippen LogP contribution in [0.15, 0.2) is 12.1 Å². The summed E-state index contributed by atoms with van der Waals surface area (Å²) < 4.78 is 10.9. The molecule has 0 spiro atoms. The van der Waals surface area contributed by atoms with E-state index < -0.39 is 6.10 Å². The lowest BCUT2D eigenvalue weighted by Gasteiger charge is -2.22. The van der Waals surface area contributed by atoms with Gasteiger partial charge in [0, 0.05) is 11.6 Å². The van der Waals surface area contributed by atoms with E-state index in [4.69, 9.17) is 21.1 Å². The Kier molecular flexibility index (Phi) is 3.26. The fourth-order valence-electron chi connectivity index (χ4n) is 1.67. The van der Waals surface area contributed by atoms with Crippen molar-refractivity contribution in [3.8, 4) is 11.5 Å². The Hall–Kier alpha value is -0.930. The quantitative estimate of drug-likeness (QED) is 0.867. The summed E-state index contributed by atoms with van der Waals surface area (Å²) in [5.41, 5.74) is 0.695. The number of rotatable bonds is 2. The van der Waals surface area contributed by atoms with Crippen LogP contribution < -0.4 is 9.47 Å². The minimum Gasteiger partial charge on any atom is -0.486 e. The van der Waals surface area contributed by atoms with E-state index in [9.17, 15) is 5.11 Å². The Labute approximate surface area is 99.9 Å². The summed E-state index contributed by atoms with van der Waals surface area (Å²) in [6.45, 7) is 4.96. The molecule has 1 atom stereocenters. The molecule has 0 saturated heterocycles. The molecule has 1 N–H and O–H groups in total. The maximum absolute atomic E-state index is 10.00. The first kappa shape index (κ1) is 11.6. The van der Waals surface area contributed by atoms with Gasteiger partial charge in [0.2, 0.25) is 0 Å². The lowest BCUT2D eigenvalue weighted by molar-refractivity contribution is 0.125.